The molecular formula is C23H28N2O5. The summed E-state index contributed by atoms with van der Waals surface area (Å²) in [5.41, 5.74) is 1.49. The van der Waals surface area contributed by atoms with E-state index >= 15 is 0 Å². The molecule has 7 nitrogen and oxygen atoms in total. The van der Waals surface area contributed by atoms with Crippen LogP contribution in [0, 0.1) is 0 Å². The van der Waals surface area contributed by atoms with Gasteiger partial charge in [-0.25, -0.2) is 0 Å². The van der Waals surface area contributed by atoms with E-state index in [0.29, 0.717) is 49.0 Å². The fraction of sp³-hybridized carbons (Fsp3) is 0.391. The van der Waals surface area contributed by atoms with Crippen molar-refractivity contribution in [1.82, 2.24) is 9.80 Å². The lowest BCUT2D eigenvalue weighted by atomic mass is 10.1. The van der Waals surface area contributed by atoms with Gasteiger partial charge in [-0.05, 0) is 48.4 Å². The number of nitrogens with zero attached hydrogens (tertiary/aromatic N) is 2. The molecule has 0 atom stereocenters. The third-order valence-corrected chi connectivity index (χ3v) is 5.28. The molecule has 0 aromatic heterocycles. The summed E-state index contributed by atoms with van der Waals surface area (Å²) in [7, 11) is 4.75. The number of hydrogen-bond acceptors (Lipinski definition) is 5. The van der Waals surface area contributed by atoms with E-state index in [9.17, 15) is 9.59 Å². The van der Waals surface area contributed by atoms with Crippen LogP contribution in [-0.4, -0.2) is 69.1 Å². The van der Waals surface area contributed by atoms with Crippen molar-refractivity contribution >= 4 is 11.8 Å². The molecular weight excluding hydrogens is 384 g/mol. The smallest absolute Gasteiger partial charge is 0.253 e. The minimum atomic E-state index is -0.0214. The van der Waals surface area contributed by atoms with Gasteiger partial charge in [0, 0.05) is 31.7 Å². The van der Waals surface area contributed by atoms with Gasteiger partial charge in [0.2, 0.25) is 5.91 Å². The Morgan fingerprint density at radius 3 is 2.13 bits per heavy atom. The molecule has 2 amide bonds. The molecule has 1 heterocycles. The monoisotopic (exact) mass is 412 g/mol. The lowest BCUT2D eigenvalue weighted by Crippen LogP contribution is -2.38. The first kappa shape index (κ1) is 21.5. The van der Waals surface area contributed by atoms with Crippen LogP contribution < -0.4 is 14.2 Å². The second kappa shape index (κ2) is 10.0. The average Bonchev–Trinajstić information content (AvgIpc) is 3.05. The Labute approximate surface area is 177 Å². The van der Waals surface area contributed by atoms with Crippen molar-refractivity contribution in [2.24, 2.45) is 0 Å². The largest absolute Gasteiger partial charge is 0.497 e. The van der Waals surface area contributed by atoms with Gasteiger partial charge in [-0.1, -0.05) is 6.07 Å². The number of ether oxygens (including phenoxy) is 3. The molecule has 0 saturated carbocycles. The Balaban J connectivity index is 1.60. The summed E-state index contributed by atoms with van der Waals surface area (Å²) in [5, 5.41) is 0. The maximum atomic E-state index is 12.8. The predicted molar refractivity (Wildman–Crippen MR) is 113 cm³/mol. The first-order valence-electron chi connectivity index (χ1n) is 9.97. The van der Waals surface area contributed by atoms with Crippen LogP contribution in [0.25, 0.3) is 0 Å². The lowest BCUT2D eigenvalue weighted by molar-refractivity contribution is -0.130. The average molecular weight is 412 g/mol. The normalized spacial score (nSPS) is 14.1. The Morgan fingerprint density at radius 2 is 1.47 bits per heavy atom. The van der Waals surface area contributed by atoms with E-state index in [1.54, 1.807) is 51.7 Å². The number of benzene rings is 2. The second-order valence-corrected chi connectivity index (χ2v) is 7.12. The van der Waals surface area contributed by atoms with E-state index in [1.807, 2.05) is 21.9 Å². The van der Waals surface area contributed by atoms with Gasteiger partial charge < -0.3 is 24.0 Å². The molecule has 0 aliphatic carbocycles. The van der Waals surface area contributed by atoms with Crippen molar-refractivity contribution < 1.29 is 23.8 Å². The highest BCUT2D eigenvalue weighted by atomic mass is 16.5. The molecule has 1 aliphatic heterocycles. The number of rotatable bonds is 6. The molecule has 2 aromatic rings. The highest BCUT2D eigenvalue weighted by molar-refractivity contribution is 5.94. The van der Waals surface area contributed by atoms with Crippen LogP contribution in [0.15, 0.2) is 42.5 Å². The third-order valence-electron chi connectivity index (χ3n) is 5.28. The number of amides is 2. The van der Waals surface area contributed by atoms with Gasteiger partial charge in [-0.2, -0.15) is 0 Å². The number of hydrogen-bond donors (Lipinski definition) is 0. The number of methoxy groups -OCH3 is 3. The molecule has 0 spiro atoms. The van der Waals surface area contributed by atoms with Gasteiger partial charge in [0.15, 0.2) is 11.5 Å². The van der Waals surface area contributed by atoms with Crippen LogP contribution in [0.5, 0.6) is 17.2 Å². The molecule has 160 valence electrons. The fourth-order valence-electron chi connectivity index (χ4n) is 3.56. The zero-order valence-electron chi connectivity index (χ0n) is 17.7. The van der Waals surface area contributed by atoms with Crippen LogP contribution in [-0.2, 0) is 11.2 Å². The zero-order valence-corrected chi connectivity index (χ0v) is 17.7. The molecule has 1 saturated heterocycles. The molecule has 0 radical (unpaired) electrons. The lowest BCUT2D eigenvalue weighted by Gasteiger charge is -2.22. The van der Waals surface area contributed by atoms with E-state index in [4.69, 9.17) is 14.2 Å². The van der Waals surface area contributed by atoms with Crippen LogP contribution in [0.2, 0.25) is 0 Å². The highest BCUT2D eigenvalue weighted by Gasteiger charge is 2.23. The number of carbonyl (C=O) groups is 2. The van der Waals surface area contributed by atoms with E-state index in [0.717, 1.165) is 12.0 Å². The topological polar surface area (TPSA) is 68.3 Å². The minimum absolute atomic E-state index is 0.0214. The quantitative estimate of drug-likeness (QED) is 0.730. The van der Waals surface area contributed by atoms with Crippen LogP contribution >= 0.6 is 0 Å². The Morgan fingerprint density at radius 1 is 0.800 bits per heavy atom. The van der Waals surface area contributed by atoms with E-state index in [-0.39, 0.29) is 18.2 Å². The molecule has 0 N–H and O–H groups in total. The SMILES string of the molecule is COc1ccc(C(=O)N2CCCN(C(=O)Cc3ccc(OC)c(OC)c3)CC2)cc1. The second-order valence-electron chi connectivity index (χ2n) is 7.12. The summed E-state index contributed by atoms with van der Waals surface area (Å²) in [6, 6.07) is 12.6. The Bertz CT molecular complexity index is 882. The molecule has 7 heteroatoms. The maximum absolute atomic E-state index is 12.8. The summed E-state index contributed by atoms with van der Waals surface area (Å²) >= 11 is 0. The van der Waals surface area contributed by atoms with Crippen molar-refractivity contribution in [1.29, 1.82) is 0 Å². The maximum Gasteiger partial charge on any atom is 0.253 e. The molecule has 0 unspecified atom stereocenters. The van der Waals surface area contributed by atoms with Crippen LogP contribution in [0.4, 0.5) is 0 Å². The highest BCUT2D eigenvalue weighted by Crippen LogP contribution is 2.28. The van der Waals surface area contributed by atoms with E-state index < -0.39 is 0 Å². The zero-order chi connectivity index (χ0) is 21.5. The minimum Gasteiger partial charge on any atom is -0.497 e. The van der Waals surface area contributed by atoms with Crippen molar-refractivity contribution in [3.63, 3.8) is 0 Å². The summed E-state index contributed by atoms with van der Waals surface area (Å²) in [6.45, 7) is 2.31. The van der Waals surface area contributed by atoms with Gasteiger partial charge in [0.25, 0.3) is 5.91 Å². The molecule has 3 rings (SSSR count). The number of carbonyl (C=O) groups excluding carboxylic acids is 2. The first-order chi connectivity index (χ1) is 14.5. The fourth-order valence-corrected chi connectivity index (χ4v) is 3.56. The van der Waals surface area contributed by atoms with Gasteiger partial charge in [-0.3, -0.25) is 9.59 Å². The van der Waals surface area contributed by atoms with Gasteiger partial charge in [-0.15, -0.1) is 0 Å². The van der Waals surface area contributed by atoms with Crippen molar-refractivity contribution in [3.8, 4) is 17.2 Å². The van der Waals surface area contributed by atoms with E-state index in [2.05, 4.69) is 0 Å². The Hall–Kier alpha value is -3.22. The standard InChI is InChI=1S/C23H28N2O5/c1-28-19-8-6-18(7-9-19)23(27)25-12-4-11-24(13-14-25)22(26)16-17-5-10-20(29-2)21(15-17)30-3/h5-10,15H,4,11-14,16H2,1-3H3. The molecule has 1 fully saturated rings. The van der Waals surface area contributed by atoms with Crippen LogP contribution in [0.3, 0.4) is 0 Å². The first-order valence-corrected chi connectivity index (χ1v) is 9.97. The van der Waals surface area contributed by atoms with Gasteiger partial charge in [0.05, 0.1) is 27.8 Å². The van der Waals surface area contributed by atoms with Crippen molar-refractivity contribution in [3.05, 3.63) is 53.6 Å². The van der Waals surface area contributed by atoms with E-state index in [1.165, 1.54) is 0 Å². The van der Waals surface area contributed by atoms with Crippen molar-refractivity contribution in [2.75, 3.05) is 47.5 Å². The van der Waals surface area contributed by atoms with Crippen molar-refractivity contribution in [2.45, 2.75) is 12.8 Å². The summed E-state index contributed by atoms with van der Waals surface area (Å²) < 4.78 is 15.7. The summed E-state index contributed by atoms with van der Waals surface area (Å²) in [4.78, 5) is 29.3. The molecule has 0 bridgehead atoms. The predicted octanol–water partition coefficient (Wildman–Crippen LogP) is 2.63. The van der Waals surface area contributed by atoms with Crippen LogP contribution in [0.1, 0.15) is 22.3 Å². The van der Waals surface area contributed by atoms with Gasteiger partial charge >= 0.3 is 0 Å². The third kappa shape index (κ3) is 5.03. The summed E-state index contributed by atoms with van der Waals surface area (Å²) in [6.07, 6.45) is 1.03. The molecule has 2 aromatic carbocycles. The van der Waals surface area contributed by atoms with Gasteiger partial charge in [0.1, 0.15) is 5.75 Å². The molecule has 1 aliphatic rings. The summed E-state index contributed by atoms with van der Waals surface area (Å²) in [5.74, 6) is 1.98. The molecule has 30 heavy (non-hydrogen) atoms. The Kier molecular flexibility index (Phi) is 7.17.